The zero-order valence-electron chi connectivity index (χ0n) is 14.4. The Bertz CT molecular complexity index is 881. The lowest BCUT2D eigenvalue weighted by atomic mass is 10.1. The van der Waals surface area contributed by atoms with Crippen LogP contribution in [0.25, 0.3) is 0 Å². The van der Waals surface area contributed by atoms with Crippen LogP contribution in [0.4, 0.5) is 17.1 Å². The number of nitro benzene ring substituents is 1. The van der Waals surface area contributed by atoms with E-state index in [0.717, 1.165) is 0 Å². The molecule has 0 saturated heterocycles. The lowest BCUT2D eigenvalue weighted by Crippen LogP contribution is -2.22. The number of benzene rings is 2. The van der Waals surface area contributed by atoms with Crippen LogP contribution in [0, 0.1) is 10.1 Å². The summed E-state index contributed by atoms with van der Waals surface area (Å²) in [6, 6.07) is 12.3. The number of amides is 2. The molecule has 0 radical (unpaired) electrons. The van der Waals surface area contributed by atoms with E-state index in [0.29, 0.717) is 11.4 Å². The predicted molar refractivity (Wildman–Crippen MR) is 97.1 cm³/mol. The van der Waals surface area contributed by atoms with Crippen molar-refractivity contribution in [3.63, 3.8) is 0 Å². The summed E-state index contributed by atoms with van der Waals surface area (Å²) in [5.74, 6) is -1.58. The van der Waals surface area contributed by atoms with Gasteiger partial charge in [0.2, 0.25) is 5.91 Å². The number of hydrogen-bond acceptors (Lipinski definition) is 6. The van der Waals surface area contributed by atoms with E-state index in [1.165, 1.54) is 25.1 Å². The summed E-state index contributed by atoms with van der Waals surface area (Å²) in [6.07, 6.45) is -0.317. The number of para-hydroxylation sites is 1. The van der Waals surface area contributed by atoms with E-state index in [1.54, 1.807) is 30.3 Å². The Kier molecular flexibility index (Phi) is 6.59. The molecule has 2 aromatic rings. The number of ether oxygens (including phenoxy) is 1. The minimum atomic E-state index is -0.758. The fourth-order valence-electron chi connectivity index (χ4n) is 2.27. The molecule has 2 aromatic carbocycles. The van der Waals surface area contributed by atoms with Gasteiger partial charge in [-0.1, -0.05) is 24.3 Å². The lowest BCUT2D eigenvalue weighted by molar-refractivity contribution is -0.385. The van der Waals surface area contributed by atoms with Gasteiger partial charge < -0.3 is 15.4 Å². The molecule has 0 aliphatic heterocycles. The maximum absolute atomic E-state index is 11.9. The van der Waals surface area contributed by atoms with Gasteiger partial charge in [0, 0.05) is 29.9 Å². The number of nitro groups is 1. The Balaban J connectivity index is 1.88. The average Bonchev–Trinajstić information content (AvgIpc) is 2.60. The van der Waals surface area contributed by atoms with Crippen LogP contribution in [-0.4, -0.2) is 29.3 Å². The molecular weight excluding hydrogens is 354 g/mol. The van der Waals surface area contributed by atoms with Crippen LogP contribution in [0.2, 0.25) is 0 Å². The Morgan fingerprint density at radius 2 is 1.70 bits per heavy atom. The second kappa shape index (κ2) is 9.09. The van der Waals surface area contributed by atoms with Crippen molar-refractivity contribution in [2.24, 2.45) is 0 Å². The van der Waals surface area contributed by atoms with Gasteiger partial charge in [-0.3, -0.25) is 24.5 Å². The van der Waals surface area contributed by atoms with Crippen molar-refractivity contribution in [1.82, 2.24) is 0 Å². The van der Waals surface area contributed by atoms with Gasteiger partial charge in [-0.15, -0.1) is 0 Å². The Morgan fingerprint density at radius 3 is 2.37 bits per heavy atom. The highest BCUT2D eigenvalue weighted by Crippen LogP contribution is 2.18. The van der Waals surface area contributed by atoms with Gasteiger partial charge in [-0.2, -0.15) is 0 Å². The number of esters is 1. The zero-order valence-corrected chi connectivity index (χ0v) is 14.4. The van der Waals surface area contributed by atoms with Gasteiger partial charge in [0.05, 0.1) is 11.3 Å². The minimum Gasteiger partial charge on any atom is -0.455 e. The molecule has 2 N–H and O–H groups in total. The maximum atomic E-state index is 11.9. The molecular formula is C18H17N3O6. The van der Waals surface area contributed by atoms with Gasteiger partial charge in [-0.05, 0) is 18.2 Å². The molecule has 0 atom stereocenters. The molecule has 0 spiro atoms. The van der Waals surface area contributed by atoms with Crippen LogP contribution in [-0.2, 0) is 25.5 Å². The normalized spacial score (nSPS) is 9.96. The summed E-state index contributed by atoms with van der Waals surface area (Å²) in [4.78, 5) is 45.1. The zero-order chi connectivity index (χ0) is 19.8. The van der Waals surface area contributed by atoms with E-state index in [1.807, 2.05) is 0 Å². The summed E-state index contributed by atoms with van der Waals surface area (Å²) in [6.45, 7) is 0.825. The molecule has 0 saturated carbocycles. The smallest absolute Gasteiger partial charge is 0.311 e. The molecule has 0 fully saturated rings. The molecule has 0 heterocycles. The highest BCUT2D eigenvalue weighted by atomic mass is 16.6. The highest BCUT2D eigenvalue weighted by molar-refractivity contribution is 5.94. The van der Waals surface area contributed by atoms with Crippen molar-refractivity contribution in [2.45, 2.75) is 13.3 Å². The summed E-state index contributed by atoms with van der Waals surface area (Å²) in [5.41, 5.74) is 0.944. The number of hydrogen-bond donors (Lipinski definition) is 2. The molecule has 0 aliphatic carbocycles. The van der Waals surface area contributed by atoms with Gasteiger partial charge in [-0.25, -0.2) is 0 Å². The number of carbonyl (C=O) groups is 3. The maximum Gasteiger partial charge on any atom is 0.311 e. The second-order valence-corrected chi connectivity index (χ2v) is 5.53. The van der Waals surface area contributed by atoms with E-state index in [9.17, 15) is 24.5 Å². The molecule has 140 valence electrons. The molecule has 0 bridgehead atoms. The first-order valence-electron chi connectivity index (χ1n) is 7.90. The molecule has 0 unspecified atom stereocenters. The van der Waals surface area contributed by atoms with Crippen molar-refractivity contribution in [1.29, 1.82) is 0 Å². The molecule has 2 rings (SSSR count). The quantitative estimate of drug-likeness (QED) is 0.437. The van der Waals surface area contributed by atoms with Crippen LogP contribution < -0.4 is 10.6 Å². The Morgan fingerprint density at radius 1 is 1.04 bits per heavy atom. The van der Waals surface area contributed by atoms with Gasteiger partial charge in [0.15, 0.2) is 6.61 Å². The molecule has 27 heavy (non-hydrogen) atoms. The van der Waals surface area contributed by atoms with Crippen LogP contribution in [0.3, 0.4) is 0 Å². The van der Waals surface area contributed by atoms with E-state index < -0.39 is 23.4 Å². The number of rotatable bonds is 7. The van der Waals surface area contributed by atoms with E-state index in [-0.39, 0.29) is 23.6 Å². The number of anilines is 2. The fraction of sp³-hybridized carbons (Fsp3) is 0.167. The van der Waals surface area contributed by atoms with Crippen molar-refractivity contribution in [2.75, 3.05) is 17.2 Å². The number of nitrogens with one attached hydrogen (secondary N) is 2. The first kappa shape index (κ1) is 19.6. The number of nitrogens with zero attached hydrogens (tertiary/aromatic N) is 1. The summed E-state index contributed by atoms with van der Waals surface area (Å²) >= 11 is 0. The third-order valence-electron chi connectivity index (χ3n) is 3.35. The third-order valence-corrected chi connectivity index (χ3v) is 3.35. The molecule has 9 heteroatoms. The molecule has 0 aromatic heterocycles. The van der Waals surface area contributed by atoms with Crippen molar-refractivity contribution < 1.29 is 24.0 Å². The van der Waals surface area contributed by atoms with Crippen LogP contribution in [0.5, 0.6) is 0 Å². The SMILES string of the molecule is CC(=O)Nc1cccc(NC(=O)COC(=O)Cc2ccccc2[N+](=O)[O-])c1. The molecule has 0 aliphatic rings. The standard InChI is InChI=1S/C18H17N3O6/c1-12(22)19-14-6-4-7-15(10-14)20-17(23)11-27-18(24)9-13-5-2-3-8-16(13)21(25)26/h2-8,10H,9,11H2,1H3,(H,19,22)(H,20,23). The first-order valence-corrected chi connectivity index (χ1v) is 7.90. The predicted octanol–water partition coefficient (Wildman–Crippen LogP) is 2.28. The van der Waals surface area contributed by atoms with E-state index in [4.69, 9.17) is 4.74 Å². The monoisotopic (exact) mass is 371 g/mol. The topological polar surface area (TPSA) is 128 Å². The van der Waals surface area contributed by atoms with Gasteiger partial charge in [0.1, 0.15) is 0 Å². The van der Waals surface area contributed by atoms with Crippen LogP contribution in [0.15, 0.2) is 48.5 Å². The fourth-order valence-corrected chi connectivity index (χ4v) is 2.27. The minimum absolute atomic E-state index is 0.186. The van der Waals surface area contributed by atoms with Crippen molar-refractivity contribution in [3.05, 3.63) is 64.2 Å². The summed E-state index contributed by atoms with van der Waals surface area (Å²) in [5, 5.41) is 16.0. The molecule has 2 amide bonds. The average molecular weight is 371 g/mol. The van der Waals surface area contributed by atoms with Crippen molar-refractivity contribution in [3.8, 4) is 0 Å². The van der Waals surface area contributed by atoms with Gasteiger partial charge >= 0.3 is 5.97 Å². The van der Waals surface area contributed by atoms with Crippen molar-refractivity contribution >= 4 is 34.8 Å². The highest BCUT2D eigenvalue weighted by Gasteiger charge is 2.17. The van der Waals surface area contributed by atoms with E-state index >= 15 is 0 Å². The van der Waals surface area contributed by atoms with E-state index in [2.05, 4.69) is 10.6 Å². The van der Waals surface area contributed by atoms with Crippen LogP contribution in [0.1, 0.15) is 12.5 Å². The Hall–Kier alpha value is -3.75. The number of carbonyl (C=O) groups excluding carboxylic acids is 3. The summed E-state index contributed by atoms with van der Waals surface area (Å²) < 4.78 is 4.87. The summed E-state index contributed by atoms with van der Waals surface area (Å²) in [7, 11) is 0. The molecule has 9 nitrogen and oxygen atoms in total. The van der Waals surface area contributed by atoms with Gasteiger partial charge in [0.25, 0.3) is 11.6 Å². The largest absolute Gasteiger partial charge is 0.455 e. The first-order chi connectivity index (χ1) is 12.8. The second-order valence-electron chi connectivity index (χ2n) is 5.53. The Labute approximate surface area is 154 Å². The van der Waals surface area contributed by atoms with Crippen LogP contribution >= 0.6 is 0 Å². The lowest BCUT2D eigenvalue weighted by Gasteiger charge is -2.08. The third kappa shape index (κ3) is 6.24.